The van der Waals surface area contributed by atoms with Crippen molar-refractivity contribution < 1.29 is 4.52 Å². The van der Waals surface area contributed by atoms with Crippen molar-refractivity contribution >= 4 is 0 Å². The second-order valence-electron chi connectivity index (χ2n) is 3.32. The Kier molecular flexibility index (Phi) is 3.66. The summed E-state index contributed by atoms with van der Waals surface area (Å²) >= 11 is 0. The van der Waals surface area contributed by atoms with Crippen LogP contribution in [0.2, 0.25) is 0 Å². The molecule has 0 aromatic carbocycles. The van der Waals surface area contributed by atoms with Crippen molar-refractivity contribution in [2.45, 2.75) is 33.2 Å². The smallest absolute Gasteiger partial charge is 0.138 e. The Balaban J connectivity index is 2.61. The average Bonchev–Trinajstić information content (AvgIpc) is 2.46. The van der Waals surface area contributed by atoms with E-state index >= 15 is 0 Å². The number of aromatic nitrogens is 1. The summed E-state index contributed by atoms with van der Waals surface area (Å²) in [5.41, 5.74) is 2.02. The molecule has 1 N–H and O–H groups in total. The van der Waals surface area contributed by atoms with Crippen molar-refractivity contribution in [3.63, 3.8) is 0 Å². The first kappa shape index (κ1) is 10.7. The lowest BCUT2D eigenvalue weighted by Crippen LogP contribution is -2.20. The molecule has 14 heavy (non-hydrogen) atoms. The quantitative estimate of drug-likeness (QED) is 0.741. The second kappa shape index (κ2) is 4.77. The third-order valence-electron chi connectivity index (χ3n) is 2.21. The fraction of sp³-hybridized carbons (Fsp3) is 0.600. The first-order valence-electron chi connectivity index (χ1n) is 4.70. The van der Waals surface area contributed by atoms with Gasteiger partial charge in [0.05, 0.1) is 11.8 Å². The Bertz CT molecular complexity index is 318. The molecule has 1 heterocycles. The van der Waals surface area contributed by atoms with E-state index in [-0.39, 0.29) is 6.04 Å². The lowest BCUT2D eigenvalue weighted by atomic mass is 10.1. The Morgan fingerprint density at radius 2 is 2.29 bits per heavy atom. The Hall–Kier alpha value is -1.34. The summed E-state index contributed by atoms with van der Waals surface area (Å²) in [5, 5.41) is 15.5. The lowest BCUT2D eigenvalue weighted by Gasteiger charge is -2.11. The van der Waals surface area contributed by atoms with Crippen LogP contribution in [0.25, 0.3) is 0 Å². The molecule has 1 aromatic rings. The summed E-state index contributed by atoms with van der Waals surface area (Å²) in [7, 11) is 0. The second-order valence-corrected chi connectivity index (χ2v) is 3.32. The number of nitriles is 1. The molecule has 1 aromatic heterocycles. The Labute approximate surface area is 83.9 Å². The van der Waals surface area contributed by atoms with Gasteiger partial charge in [-0.2, -0.15) is 5.26 Å². The molecule has 0 bridgehead atoms. The summed E-state index contributed by atoms with van der Waals surface area (Å²) in [6, 6.07) is 2.29. The van der Waals surface area contributed by atoms with Crippen LogP contribution in [0.3, 0.4) is 0 Å². The maximum absolute atomic E-state index is 8.40. The summed E-state index contributed by atoms with van der Waals surface area (Å²) in [6.07, 6.45) is 0.522. The maximum atomic E-state index is 8.40. The van der Waals surface area contributed by atoms with Crippen LogP contribution in [-0.2, 0) is 0 Å². The van der Waals surface area contributed by atoms with E-state index in [1.807, 2.05) is 20.8 Å². The third kappa shape index (κ3) is 2.33. The van der Waals surface area contributed by atoms with E-state index in [9.17, 15) is 0 Å². The van der Waals surface area contributed by atoms with Gasteiger partial charge in [-0.05, 0) is 20.8 Å². The standard InChI is InChI=1S/C10H15N3O/c1-7(12-6-4-5-11)10-8(2)13-14-9(10)3/h7,12H,4,6H2,1-3H3. The highest BCUT2D eigenvalue weighted by Crippen LogP contribution is 2.20. The molecule has 1 rings (SSSR count). The fourth-order valence-corrected chi connectivity index (χ4v) is 1.55. The van der Waals surface area contributed by atoms with Crippen LogP contribution in [0.5, 0.6) is 0 Å². The predicted octanol–water partition coefficient (Wildman–Crippen LogP) is 1.86. The molecule has 0 aliphatic heterocycles. The first-order chi connectivity index (χ1) is 6.66. The first-order valence-corrected chi connectivity index (χ1v) is 4.70. The van der Waals surface area contributed by atoms with Crippen molar-refractivity contribution in [1.82, 2.24) is 10.5 Å². The molecule has 0 saturated carbocycles. The van der Waals surface area contributed by atoms with Crippen molar-refractivity contribution in [2.75, 3.05) is 6.54 Å². The SMILES string of the molecule is Cc1noc(C)c1C(C)NCCC#N. The van der Waals surface area contributed by atoms with Crippen LogP contribution in [-0.4, -0.2) is 11.7 Å². The van der Waals surface area contributed by atoms with Crippen molar-refractivity contribution in [2.24, 2.45) is 0 Å². The highest BCUT2D eigenvalue weighted by molar-refractivity contribution is 5.24. The monoisotopic (exact) mass is 193 g/mol. The van der Waals surface area contributed by atoms with E-state index in [0.29, 0.717) is 13.0 Å². The van der Waals surface area contributed by atoms with Gasteiger partial charge in [0.1, 0.15) is 5.76 Å². The van der Waals surface area contributed by atoms with Gasteiger partial charge < -0.3 is 9.84 Å². The van der Waals surface area contributed by atoms with E-state index in [1.54, 1.807) is 0 Å². The van der Waals surface area contributed by atoms with Gasteiger partial charge in [-0.1, -0.05) is 5.16 Å². The molecular formula is C10H15N3O. The fourth-order valence-electron chi connectivity index (χ4n) is 1.55. The van der Waals surface area contributed by atoms with E-state index in [4.69, 9.17) is 9.78 Å². The van der Waals surface area contributed by atoms with Crippen LogP contribution in [0.1, 0.15) is 36.4 Å². The zero-order valence-electron chi connectivity index (χ0n) is 8.79. The van der Waals surface area contributed by atoms with Gasteiger partial charge in [-0.3, -0.25) is 0 Å². The molecule has 0 radical (unpaired) electrons. The van der Waals surface area contributed by atoms with Crippen molar-refractivity contribution in [3.05, 3.63) is 17.0 Å². The number of hydrogen-bond acceptors (Lipinski definition) is 4. The van der Waals surface area contributed by atoms with Crippen LogP contribution in [0.15, 0.2) is 4.52 Å². The lowest BCUT2D eigenvalue weighted by molar-refractivity contribution is 0.390. The minimum Gasteiger partial charge on any atom is -0.361 e. The van der Waals surface area contributed by atoms with E-state index in [1.165, 1.54) is 0 Å². The van der Waals surface area contributed by atoms with E-state index < -0.39 is 0 Å². The predicted molar refractivity (Wildman–Crippen MR) is 52.6 cm³/mol. The van der Waals surface area contributed by atoms with Crippen molar-refractivity contribution in [3.8, 4) is 6.07 Å². The van der Waals surface area contributed by atoms with Crippen LogP contribution < -0.4 is 5.32 Å². The number of aryl methyl sites for hydroxylation is 2. The Morgan fingerprint density at radius 1 is 1.57 bits per heavy atom. The topological polar surface area (TPSA) is 61.9 Å². The maximum Gasteiger partial charge on any atom is 0.138 e. The molecule has 4 nitrogen and oxygen atoms in total. The number of nitrogens with one attached hydrogen (secondary N) is 1. The minimum absolute atomic E-state index is 0.189. The molecule has 0 aliphatic carbocycles. The van der Waals surface area contributed by atoms with Gasteiger partial charge in [0.2, 0.25) is 0 Å². The van der Waals surface area contributed by atoms with E-state index in [0.717, 1.165) is 17.0 Å². The van der Waals surface area contributed by atoms with Gasteiger partial charge >= 0.3 is 0 Å². The van der Waals surface area contributed by atoms with Gasteiger partial charge in [0, 0.05) is 24.6 Å². The molecule has 0 spiro atoms. The third-order valence-corrected chi connectivity index (χ3v) is 2.21. The summed E-state index contributed by atoms with van der Waals surface area (Å²) in [5.74, 6) is 0.847. The highest BCUT2D eigenvalue weighted by atomic mass is 16.5. The molecule has 76 valence electrons. The molecule has 0 fully saturated rings. The molecular weight excluding hydrogens is 178 g/mol. The number of nitrogens with zero attached hydrogens (tertiary/aromatic N) is 2. The molecule has 0 saturated heterocycles. The molecule has 4 heteroatoms. The van der Waals surface area contributed by atoms with Gasteiger partial charge in [-0.15, -0.1) is 0 Å². The normalized spacial score (nSPS) is 12.4. The number of hydrogen-bond donors (Lipinski definition) is 1. The van der Waals surface area contributed by atoms with Crippen molar-refractivity contribution in [1.29, 1.82) is 5.26 Å². The van der Waals surface area contributed by atoms with Crippen LogP contribution in [0.4, 0.5) is 0 Å². The van der Waals surface area contributed by atoms with Gasteiger partial charge in [0.25, 0.3) is 0 Å². The molecule has 1 atom stereocenters. The summed E-state index contributed by atoms with van der Waals surface area (Å²) in [6.45, 7) is 6.57. The number of rotatable bonds is 4. The average molecular weight is 193 g/mol. The molecule has 1 unspecified atom stereocenters. The molecule has 0 amide bonds. The van der Waals surface area contributed by atoms with E-state index in [2.05, 4.69) is 16.5 Å². The van der Waals surface area contributed by atoms with Gasteiger partial charge in [-0.25, -0.2) is 0 Å². The zero-order chi connectivity index (χ0) is 10.6. The summed E-state index contributed by atoms with van der Waals surface area (Å²) in [4.78, 5) is 0. The zero-order valence-corrected chi connectivity index (χ0v) is 8.79. The molecule has 0 aliphatic rings. The summed E-state index contributed by atoms with van der Waals surface area (Å²) < 4.78 is 5.07. The van der Waals surface area contributed by atoms with Crippen LogP contribution >= 0.6 is 0 Å². The van der Waals surface area contributed by atoms with Gasteiger partial charge in [0.15, 0.2) is 0 Å². The van der Waals surface area contributed by atoms with Crippen LogP contribution in [0, 0.1) is 25.2 Å². The Morgan fingerprint density at radius 3 is 2.79 bits per heavy atom. The highest BCUT2D eigenvalue weighted by Gasteiger charge is 2.15. The minimum atomic E-state index is 0.189. The largest absolute Gasteiger partial charge is 0.361 e.